The number of aryl methyl sites for hydroxylation is 2. The van der Waals surface area contributed by atoms with Crippen molar-refractivity contribution in [2.75, 3.05) is 18.0 Å². The van der Waals surface area contributed by atoms with Gasteiger partial charge in [0.2, 0.25) is 10.0 Å². The molecule has 182 valence electrons. The molecule has 0 saturated heterocycles. The molecule has 0 saturated carbocycles. The van der Waals surface area contributed by atoms with Gasteiger partial charge < -0.3 is 14.7 Å². The van der Waals surface area contributed by atoms with Crippen molar-refractivity contribution in [1.29, 1.82) is 0 Å². The van der Waals surface area contributed by atoms with Crippen molar-refractivity contribution in [3.8, 4) is 5.75 Å². The third-order valence-electron chi connectivity index (χ3n) is 5.08. The number of benzene rings is 3. The number of rotatable bonds is 9. The number of nitrogens with zero attached hydrogens (tertiary/aromatic N) is 1. The number of aliphatic hydroxyl groups excluding tert-OH is 1. The lowest BCUT2D eigenvalue weighted by atomic mass is 10.1. The zero-order valence-electron chi connectivity index (χ0n) is 18.6. The van der Waals surface area contributed by atoms with E-state index in [2.05, 4.69) is 9.46 Å². The van der Waals surface area contributed by atoms with Gasteiger partial charge in [-0.3, -0.25) is 0 Å². The third-order valence-corrected chi connectivity index (χ3v) is 6.52. The average molecular weight is 495 g/mol. The first-order chi connectivity index (χ1) is 16.0. The van der Waals surface area contributed by atoms with E-state index in [0.717, 1.165) is 46.8 Å². The van der Waals surface area contributed by atoms with Gasteiger partial charge in [0.25, 0.3) is 0 Å². The van der Waals surface area contributed by atoms with Crippen LogP contribution in [0.4, 0.5) is 24.5 Å². The molecule has 0 spiro atoms. The first-order valence-electron chi connectivity index (χ1n) is 10.4. The number of anilines is 2. The van der Waals surface area contributed by atoms with Gasteiger partial charge in [-0.25, -0.2) is 13.1 Å². The molecule has 1 atom stereocenters. The topological polar surface area (TPSA) is 78.9 Å². The number of ether oxygens (including phenoxy) is 1. The number of aliphatic hydroxyl groups is 1. The number of para-hydroxylation sites is 2. The Morgan fingerprint density at radius 3 is 1.88 bits per heavy atom. The molecule has 3 rings (SSSR count). The maximum atomic E-state index is 12.6. The van der Waals surface area contributed by atoms with E-state index in [1.54, 1.807) is 0 Å². The normalized spacial score (nSPS) is 12.9. The van der Waals surface area contributed by atoms with Crippen molar-refractivity contribution in [2.24, 2.45) is 0 Å². The monoisotopic (exact) mass is 494 g/mol. The summed E-state index contributed by atoms with van der Waals surface area (Å²) in [4.78, 5) is 1.68. The Morgan fingerprint density at radius 1 is 0.912 bits per heavy atom. The molecule has 10 heteroatoms. The van der Waals surface area contributed by atoms with Crippen LogP contribution in [0, 0.1) is 13.8 Å². The molecular weight excluding hydrogens is 469 g/mol. The molecule has 0 amide bonds. The summed E-state index contributed by atoms with van der Waals surface area (Å²) >= 11 is 0. The Hall–Kier alpha value is -3.08. The van der Waals surface area contributed by atoms with Gasteiger partial charge in [-0.2, -0.15) is 0 Å². The number of halogens is 3. The summed E-state index contributed by atoms with van der Waals surface area (Å²) < 4.78 is 68.1. The van der Waals surface area contributed by atoms with Crippen LogP contribution in [-0.2, 0) is 10.0 Å². The largest absolute Gasteiger partial charge is 0.573 e. The summed E-state index contributed by atoms with van der Waals surface area (Å²) in [6, 6.07) is 19.1. The number of nitrogens with one attached hydrogen (secondary N) is 1. The minimum atomic E-state index is -4.87. The van der Waals surface area contributed by atoms with Crippen LogP contribution in [0.25, 0.3) is 0 Å². The summed E-state index contributed by atoms with van der Waals surface area (Å²) in [6.45, 7) is 3.71. The Bertz CT molecular complexity index is 1170. The highest BCUT2D eigenvalue weighted by Crippen LogP contribution is 2.31. The quantitative estimate of drug-likeness (QED) is 0.452. The average Bonchev–Trinajstić information content (AvgIpc) is 2.77. The molecule has 2 N–H and O–H groups in total. The fourth-order valence-electron chi connectivity index (χ4n) is 3.44. The molecule has 3 aromatic carbocycles. The summed E-state index contributed by atoms with van der Waals surface area (Å²) in [5, 5.41) is 10.7. The maximum Gasteiger partial charge on any atom is 0.573 e. The second kappa shape index (κ2) is 10.5. The minimum absolute atomic E-state index is 0.108. The molecule has 34 heavy (non-hydrogen) atoms. The van der Waals surface area contributed by atoms with Gasteiger partial charge in [0.15, 0.2) is 0 Å². The fraction of sp³-hybridized carbons (Fsp3) is 0.250. The zero-order valence-corrected chi connectivity index (χ0v) is 19.4. The summed E-state index contributed by atoms with van der Waals surface area (Å²) in [6.07, 6.45) is -5.95. The van der Waals surface area contributed by atoms with Crippen molar-refractivity contribution in [1.82, 2.24) is 4.72 Å². The first-order valence-corrected chi connectivity index (χ1v) is 11.9. The molecule has 0 aliphatic carbocycles. The van der Waals surface area contributed by atoms with Gasteiger partial charge in [0.05, 0.1) is 17.5 Å². The second-order valence-corrected chi connectivity index (χ2v) is 9.48. The first kappa shape index (κ1) is 25.5. The van der Waals surface area contributed by atoms with Crippen LogP contribution < -0.4 is 14.4 Å². The summed E-state index contributed by atoms with van der Waals surface area (Å²) in [7, 11) is -4.06. The van der Waals surface area contributed by atoms with Crippen LogP contribution in [0.2, 0.25) is 0 Å². The predicted molar refractivity (Wildman–Crippen MR) is 124 cm³/mol. The summed E-state index contributed by atoms with van der Waals surface area (Å²) in [5.41, 5.74) is 3.72. The van der Waals surface area contributed by atoms with E-state index in [4.69, 9.17) is 0 Å². The third kappa shape index (κ3) is 6.72. The van der Waals surface area contributed by atoms with Gasteiger partial charge in [0.1, 0.15) is 5.75 Å². The van der Waals surface area contributed by atoms with E-state index in [-0.39, 0.29) is 18.0 Å². The Kier molecular flexibility index (Phi) is 7.86. The molecular formula is C24H25F3N2O4S. The summed E-state index contributed by atoms with van der Waals surface area (Å²) in [5.74, 6) is -0.529. The second-order valence-electron chi connectivity index (χ2n) is 7.71. The van der Waals surface area contributed by atoms with Crippen LogP contribution in [0.15, 0.2) is 77.7 Å². The lowest BCUT2D eigenvalue weighted by Crippen LogP contribution is -2.39. The lowest BCUT2D eigenvalue weighted by molar-refractivity contribution is -0.274. The predicted octanol–water partition coefficient (Wildman–Crippen LogP) is 4.68. The van der Waals surface area contributed by atoms with Crippen molar-refractivity contribution < 1.29 is 31.4 Å². The number of sulfonamides is 1. The van der Waals surface area contributed by atoms with Crippen LogP contribution in [0.3, 0.4) is 0 Å². The van der Waals surface area contributed by atoms with Crippen LogP contribution >= 0.6 is 0 Å². The molecule has 0 aliphatic heterocycles. The van der Waals surface area contributed by atoms with Gasteiger partial charge in [-0.15, -0.1) is 13.2 Å². The molecule has 0 aromatic heterocycles. The lowest BCUT2D eigenvalue weighted by Gasteiger charge is -2.30. The molecule has 0 bridgehead atoms. The molecule has 0 fully saturated rings. The molecule has 3 aromatic rings. The van der Waals surface area contributed by atoms with Crippen LogP contribution in [-0.4, -0.2) is 39.1 Å². The molecule has 6 nitrogen and oxygen atoms in total. The van der Waals surface area contributed by atoms with E-state index in [1.165, 1.54) is 0 Å². The van der Waals surface area contributed by atoms with E-state index >= 15 is 0 Å². The smallest absolute Gasteiger partial charge is 0.406 e. The van der Waals surface area contributed by atoms with Crippen LogP contribution in [0.1, 0.15) is 11.1 Å². The standard InChI is InChI=1S/C24H25F3N2O4S/c1-17-7-3-5-9-22(17)29(23-10-6-4-8-18(23)2)16-19(30)15-28-34(31,32)21-13-11-20(12-14-21)33-24(25,26)27/h3-14,19,28,30H,15-16H2,1-2H3. The van der Waals surface area contributed by atoms with Gasteiger partial charge in [-0.05, 0) is 61.4 Å². The molecule has 1 unspecified atom stereocenters. The van der Waals surface area contributed by atoms with Crippen molar-refractivity contribution >= 4 is 21.4 Å². The SMILES string of the molecule is Cc1ccccc1N(CC(O)CNS(=O)(=O)c1ccc(OC(F)(F)F)cc1)c1ccccc1C. The number of alkyl halides is 3. The van der Waals surface area contributed by atoms with Crippen molar-refractivity contribution in [2.45, 2.75) is 31.2 Å². The molecule has 0 radical (unpaired) electrons. The van der Waals surface area contributed by atoms with E-state index in [1.807, 2.05) is 67.3 Å². The molecule has 0 heterocycles. The fourth-order valence-corrected chi connectivity index (χ4v) is 4.52. The van der Waals surface area contributed by atoms with Crippen LogP contribution in [0.5, 0.6) is 5.75 Å². The Morgan fingerprint density at radius 2 is 1.41 bits per heavy atom. The van der Waals surface area contributed by atoms with Gasteiger partial charge in [-0.1, -0.05) is 36.4 Å². The van der Waals surface area contributed by atoms with Gasteiger partial charge >= 0.3 is 6.36 Å². The van der Waals surface area contributed by atoms with Crippen molar-refractivity contribution in [3.63, 3.8) is 0 Å². The molecule has 0 aliphatic rings. The number of hydrogen-bond donors (Lipinski definition) is 2. The zero-order chi connectivity index (χ0) is 24.9. The Labute approximate surface area is 196 Å². The van der Waals surface area contributed by atoms with E-state index in [9.17, 15) is 26.7 Å². The van der Waals surface area contributed by atoms with E-state index < -0.39 is 28.2 Å². The maximum absolute atomic E-state index is 12.6. The highest BCUT2D eigenvalue weighted by Gasteiger charge is 2.31. The minimum Gasteiger partial charge on any atom is -0.406 e. The number of hydrogen-bond acceptors (Lipinski definition) is 5. The van der Waals surface area contributed by atoms with Crippen molar-refractivity contribution in [3.05, 3.63) is 83.9 Å². The van der Waals surface area contributed by atoms with E-state index in [0.29, 0.717) is 0 Å². The highest BCUT2D eigenvalue weighted by molar-refractivity contribution is 7.89. The highest BCUT2D eigenvalue weighted by atomic mass is 32.2. The van der Waals surface area contributed by atoms with Gasteiger partial charge in [0, 0.05) is 17.9 Å². The Balaban J connectivity index is 1.73.